The van der Waals surface area contributed by atoms with Gasteiger partial charge in [-0.1, -0.05) is 35.3 Å². The van der Waals surface area contributed by atoms with Gasteiger partial charge in [0.1, 0.15) is 5.75 Å². The van der Waals surface area contributed by atoms with E-state index in [4.69, 9.17) is 27.9 Å². The quantitative estimate of drug-likeness (QED) is 0.273. The smallest absolute Gasteiger partial charge is 0.308 e. The fraction of sp³-hybridized carbons (Fsp3) is 0.448. The summed E-state index contributed by atoms with van der Waals surface area (Å²) in [6, 6.07) is 13.8. The Morgan fingerprint density at radius 3 is 2.75 bits per heavy atom. The minimum atomic E-state index is -0.672. The molecule has 1 aliphatic heterocycles. The van der Waals surface area contributed by atoms with Gasteiger partial charge in [0.05, 0.1) is 28.6 Å². The largest absolute Gasteiger partial charge is 0.497 e. The van der Waals surface area contributed by atoms with E-state index in [1.807, 2.05) is 36.5 Å². The number of methoxy groups -OCH3 is 1. The zero-order valence-corrected chi connectivity index (χ0v) is 22.3. The SMILES string of the molecule is COc1ccc2nccc(CCC[C@@H]3CCN(CCCCc4cccc(Cl)c4Cl)C[C@@H]3C(=O)O)c2c1. The topological polar surface area (TPSA) is 62.7 Å². The van der Waals surface area contributed by atoms with Crippen LogP contribution in [0.15, 0.2) is 48.7 Å². The van der Waals surface area contributed by atoms with Crippen LogP contribution in [0.2, 0.25) is 10.0 Å². The number of rotatable bonds is 11. The van der Waals surface area contributed by atoms with Gasteiger partial charge >= 0.3 is 5.97 Å². The third-order valence-corrected chi connectivity index (χ3v) is 8.28. The number of aryl methyl sites for hydroxylation is 2. The molecule has 1 fully saturated rings. The molecule has 0 spiro atoms. The summed E-state index contributed by atoms with van der Waals surface area (Å²) in [7, 11) is 1.67. The molecule has 2 atom stereocenters. The number of benzene rings is 2. The average Bonchev–Trinajstić information content (AvgIpc) is 2.89. The van der Waals surface area contributed by atoms with Crippen LogP contribution in [0.25, 0.3) is 10.9 Å². The highest BCUT2D eigenvalue weighted by atomic mass is 35.5. The molecule has 5 nitrogen and oxygen atoms in total. The van der Waals surface area contributed by atoms with E-state index in [9.17, 15) is 9.90 Å². The molecular formula is C29H34Cl2N2O3. The van der Waals surface area contributed by atoms with Crippen molar-refractivity contribution >= 4 is 40.1 Å². The highest BCUT2D eigenvalue weighted by Gasteiger charge is 2.33. The van der Waals surface area contributed by atoms with Gasteiger partial charge in [-0.05, 0) is 105 Å². The van der Waals surface area contributed by atoms with Crippen molar-refractivity contribution in [2.24, 2.45) is 11.8 Å². The molecule has 1 aliphatic rings. The van der Waals surface area contributed by atoms with E-state index in [-0.39, 0.29) is 11.8 Å². The normalized spacial score (nSPS) is 18.4. The molecule has 0 bridgehead atoms. The number of ether oxygens (including phenoxy) is 1. The number of aromatic nitrogens is 1. The second-order valence-corrected chi connectivity index (χ2v) is 10.5. The lowest BCUT2D eigenvalue weighted by Crippen LogP contribution is -2.44. The highest BCUT2D eigenvalue weighted by molar-refractivity contribution is 6.42. The van der Waals surface area contributed by atoms with E-state index in [1.165, 1.54) is 5.56 Å². The number of unbranched alkanes of at least 4 members (excludes halogenated alkanes) is 1. The summed E-state index contributed by atoms with van der Waals surface area (Å²) in [6.07, 6.45) is 8.47. The van der Waals surface area contributed by atoms with Crippen LogP contribution in [-0.4, -0.2) is 47.7 Å². The number of fused-ring (bicyclic) bond motifs is 1. The lowest BCUT2D eigenvalue weighted by molar-refractivity contribution is -0.146. The minimum Gasteiger partial charge on any atom is -0.497 e. The molecule has 0 saturated carbocycles. The summed E-state index contributed by atoms with van der Waals surface area (Å²) in [5, 5.41) is 12.3. The van der Waals surface area contributed by atoms with Gasteiger partial charge in [-0.2, -0.15) is 0 Å². The minimum absolute atomic E-state index is 0.214. The number of hydrogen-bond acceptors (Lipinski definition) is 4. The van der Waals surface area contributed by atoms with Gasteiger partial charge in [0.15, 0.2) is 0 Å². The summed E-state index contributed by atoms with van der Waals surface area (Å²) < 4.78 is 5.39. The zero-order chi connectivity index (χ0) is 25.5. The number of aliphatic carboxylic acids is 1. The van der Waals surface area contributed by atoms with Crippen LogP contribution in [0.4, 0.5) is 0 Å². The Labute approximate surface area is 223 Å². The number of carboxylic acids is 1. The molecule has 4 rings (SSSR count). The number of carbonyl (C=O) groups is 1. The van der Waals surface area contributed by atoms with Crippen LogP contribution in [-0.2, 0) is 17.6 Å². The van der Waals surface area contributed by atoms with Gasteiger partial charge in [-0.3, -0.25) is 9.78 Å². The van der Waals surface area contributed by atoms with Crippen molar-refractivity contribution < 1.29 is 14.6 Å². The van der Waals surface area contributed by atoms with E-state index >= 15 is 0 Å². The van der Waals surface area contributed by atoms with Gasteiger partial charge in [0.25, 0.3) is 0 Å². The van der Waals surface area contributed by atoms with E-state index in [0.29, 0.717) is 16.6 Å². The molecule has 0 amide bonds. The van der Waals surface area contributed by atoms with Crippen molar-refractivity contribution in [1.82, 2.24) is 9.88 Å². The maximum absolute atomic E-state index is 12.1. The predicted molar refractivity (Wildman–Crippen MR) is 146 cm³/mol. The second-order valence-electron chi connectivity index (χ2n) is 9.71. The maximum atomic E-state index is 12.1. The molecule has 1 N–H and O–H groups in total. The lowest BCUT2D eigenvalue weighted by atomic mass is 9.81. The zero-order valence-electron chi connectivity index (χ0n) is 20.8. The summed E-state index contributed by atoms with van der Waals surface area (Å²) in [5.74, 6) is 0.0577. The molecule has 0 unspecified atom stereocenters. The molecular weight excluding hydrogens is 495 g/mol. The third-order valence-electron chi connectivity index (χ3n) is 7.42. The Bertz CT molecular complexity index is 1190. The van der Waals surface area contributed by atoms with E-state index < -0.39 is 5.97 Å². The first-order valence-corrected chi connectivity index (χ1v) is 13.5. The average molecular weight is 530 g/mol. The van der Waals surface area contributed by atoms with Crippen LogP contribution in [0.1, 0.15) is 43.2 Å². The van der Waals surface area contributed by atoms with Crippen molar-refractivity contribution in [3.8, 4) is 5.75 Å². The second kappa shape index (κ2) is 12.8. The summed E-state index contributed by atoms with van der Waals surface area (Å²) in [4.78, 5) is 18.9. The van der Waals surface area contributed by atoms with Crippen LogP contribution in [0.5, 0.6) is 5.75 Å². The van der Waals surface area contributed by atoms with Crippen LogP contribution < -0.4 is 4.74 Å². The summed E-state index contributed by atoms with van der Waals surface area (Å²) >= 11 is 12.4. The van der Waals surface area contributed by atoms with Crippen molar-refractivity contribution in [2.75, 3.05) is 26.7 Å². The van der Waals surface area contributed by atoms with E-state index in [1.54, 1.807) is 13.2 Å². The monoisotopic (exact) mass is 528 g/mol. The Kier molecular flexibility index (Phi) is 9.47. The lowest BCUT2D eigenvalue weighted by Gasteiger charge is -2.36. The molecule has 36 heavy (non-hydrogen) atoms. The fourth-order valence-corrected chi connectivity index (χ4v) is 5.79. The molecule has 3 aromatic rings. The molecule has 2 heterocycles. The van der Waals surface area contributed by atoms with Gasteiger partial charge in [0.2, 0.25) is 0 Å². The van der Waals surface area contributed by atoms with E-state index in [2.05, 4.69) is 16.0 Å². The Balaban J connectivity index is 1.26. The van der Waals surface area contributed by atoms with Crippen LogP contribution in [0.3, 0.4) is 0 Å². The molecule has 1 saturated heterocycles. The van der Waals surface area contributed by atoms with Crippen LogP contribution >= 0.6 is 23.2 Å². The van der Waals surface area contributed by atoms with E-state index in [0.717, 1.165) is 80.3 Å². The first-order chi connectivity index (χ1) is 17.5. The fourth-order valence-electron chi connectivity index (χ4n) is 5.37. The van der Waals surface area contributed by atoms with Crippen molar-refractivity contribution in [1.29, 1.82) is 0 Å². The molecule has 1 aromatic heterocycles. The summed E-state index contributed by atoms with van der Waals surface area (Å²) in [5.41, 5.74) is 3.28. The van der Waals surface area contributed by atoms with Gasteiger partial charge in [-0.15, -0.1) is 0 Å². The van der Waals surface area contributed by atoms with Crippen molar-refractivity contribution in [2.45, 2.75) is 44.9 Å². The predicted octanol–water partition coefficient (Wildman–Crippen LogP) is 6.92. The van der Waals surface area contributed by atoms with Gasteiger partial charge in [0, 0.05) is 18.1 Å². The number of carboxylic acid groups (broad SMARTS) is 1. The summed E-state index contributed by atoms with van der Waals surface area (Å²) in [6.45, 7) is 2.51. The maximum Gasteiger partial charge on any atom is 0.308 e. The first kappa shape index (κ1) is 26.7. The molecule has 7 heteroatoms. The molecule has 0 radical (unpaired) electrons. The number of hydrogen-bond donors (Lipinski definition) is 1. The number of likely N-dealkylation sites (tertiary alicyclic amines) is 1. The van der Waals surface area contributed by atoms with Gasteiger partial charge < -0.3 is 14.7 Å². The van der Waals surface area contributed by atoms with Crippen LogP contribution in [0, 0.1) is 11.8 Å². The Morgan fingerprint density at radius 1 is 1.11 bits per heavy atom. The van der Waals surface area contributed by atoms with Gasteiger partial charge in [-0.25, -0.2) is 0 Å². The molecule has 0 aliphatic carbocycles. The standard InChI is InChI=1S/C29H34Cl2N2O3/c1-36-23-11-12-27-24(18-23)20(13-15-32-27)7-4-8-21-14-17-33(19-25(21)29(34)35)16-3-2-6-22-9-5-10-26(30)28(22)31/h5,9-13,15,18,21,25H,2-4,6-8,14,16-17,19H2,1H3,(H,34,35)/t21-,25+/m1/s1. The highest BCUT2D eigenvalue weighted by Crippen LogP contribution is 2.31. The Morgan fingerprint density at radius 2 is 1.94 bits per heavy atom. The molecule has 192 valence electrons. The first-order valence-electron chi connectivity index (χ1n) is 12.8. The van der Waals surface area contributed by atoms with Crippen molar-refractivity contribution in [3.63, 3.8) is 0 Å². The Hall–Kier alpha value is -2.34. The number of halogens is 2. The number of piperidine rings is 1. The number of pyridine rings is 1. The molecule has 2 aromatic carbocycles. The van der Waals surface area contributed by atoms with Crippen molar-refractivity contribution in [3.05, 3.63) is 69.8 Å². The number of nitrogens with zero attached hydrogens (tertiary/aromatic N) is 2. The third kappa shape index (κ3) is 6.70.